The first-order valence-electron chi connectivity index (χ1n) is 12.8. The number of carbonyl (C=O) groups excluding carboxylic acids is 1. The van der Waals surface area contributed by atoms with Gasteiger partial charge >= 0.3 is 6.18 Å². The van der Waals surface area contributed by atoms with E-state index in [1.807, 2.05) is 37.4 Å². The first kappa shape index (κ1) is 26.2. The Labute approximate surface area is 219 Å². The van der Waals surface area contributed by atoms with Crippen LogP contribution in [0.3, 0.4) is 0 Å². The summed E-state index contributed by atoms with van der Waals surface area (Å²) in [6.45, 7) is 3.97. The van der Waals surface area contributed by atoms with Gasteiger partial charge in [-0.1, -0.05) is 30.3 Å². The van der Waals surface area contributed by atoms with Gasteiger partial charge in [-0.05, 0) is 55.5 Å². The minimum absolute atomic E-state index is 0.0630. The lowest BCUT2D eigenvalue weighted by molar-refractivity contribution is -0.141. The number of halogens is 3. The van der Waals surface area contributed by atoms with E-state index in [1.54, 1.807) is 6.20 Å². The molecular weight excluding hydrogens is 497 g/mol. The average molecular weight is 529 g/mol. The third-order valence-electron chi connectivity index (χ3n) is 7.55. The van der Waals surface area contributed by atoms with Gasteiger partial charge in [0.05, 0.1) is 17.8 Å². The zero-order chi connectivity index (χ0) is 26.8. The smallest absolute Gasteiger partial charge is 0.416 e. The Morgan fingerprint density at radius 3 is 2.63 bits per heavy atom. The maximum atomic E-state index is 13.8. The Hall–Kier alpha value is -3.37. The number of nitrogens with zero attached hydrogens (tertiary/aromatic N) is 2. The number of carbonyl (C=O) groups is 1. The zero-order valence-electron chi connectivity index (χ0n) is 21.1. The third-order valence-corrected chi connectivity index (χ3v) is 7.55. The largest absolute Gasteiger partial charge is 0.489 e. The molecule has 2 atom stereocenters. The van der Waals surface area contributed by atoms with Crippen LogP contribution in [-0.4, -0.2) is 59.0 Å². The fourth-order valence-electron chi connectivity index (χ4n) is 5.33. The van der Waals surface area contributed by atoms with Crippen LogP contribution in [0.25, 0.3) is 11.1 Å². The molecule has 1 aromatic heterocycles. The number of aromatic amines is 1. The molecule has 5 rings (SSSR count). The van der Waals surface area contributed by atoms with E-state index in [0.717, 1.165) is 28.8 Å². The molecule has 202 valence electrons. The Morgan fingerprint density at radius 2 is 1.95 bits per heavy atom. The lowest BCUT2D eigenvalue weighted by Crippen LogP contribution is -2.61. The predicted molar refractivity (Wildman–Crippen MR) is 135 cm³/mol. The fraction of sp³-hybridized carbons (Fsp3) is 0.429. The van der Waals surface area contributed by atoms with Gasteiger partial charge in [-0.2, -0.15) is 18.3 Å². The molecule has 2 fully saturated rings. The van der Waals surface area contributed by atoms with Gasteiger partial charge in [0, 0.05) is 38.1 Å². The van der Waals surface area contributed by atoms with Gasteiger partial charge < -0.3 is 14.8 Å². The van der Waals surface area contributed by atoms with Crippen molar-refractivity contribution in [2.75, 3.05) is 26.3 Å². The molecule has 0 bridgehead atoms. The van der Waals surface area contributed by atoms with Gasteiger partial charge in [0.1, 0.15) is 17.4 Å². The molecule has 0 radical (unpaired) electrons. The van der Waals surface area contributed by atoms with Gasteiger partial charge in [-0.3, -0.25) is 14.8 Å². The van der Waals surface area contributed by atoms with E-state index >= 15 is 0 Å². The molecular formula is C28H31F3N4O3. The molecule has 0 spiro atoms. The number of aromatic nitrogens is 2. The van der Waals surface area contributed by atoms with Crippen LogP contribution < -0.4 is 10.1 Å². The van der Waals surface area contributed by atoms with Crippen molar-refractivity contribution in [3.05, 3.63) is 72.1 Å². The van der Waals surface area contributed by atoms with Crippen LogP contribution in [0.2, 0.25) is 0 Å². The second kappa shape index (κ2) is 10.8. The van der Waals surface area contributed by atoms with E-state index in [0.29, 0.717) is 45.6 Å². The normalized spacial score (nSPS) is 20.7. The van der Waals surface area contributed by atoms with Crippen LogP contribution in [0, 0.1) is 0 Å². The number of H-pyrrole nitrogens is 1. The number of hydrogen-bond donors (Lipinski definition) is 2. The van der Waals surface area contributed by atoms with Crippen molar-refractivity contribution in [3.8, 4) is 16.9 Å². The molecule has 0 aliphatic carbocycles. The molecule has 2 aliphatic heterocycles. The quantitative estimate of drug-likeness (QED) is 0.453. The van der Waals surface area contributed by atoms with Crippen LogP contribution >= 0.6 is 0 Å². The maximum Gasteiger partial charge on any atom is 0.416 e. The van der Waals surface area contributed by atoms with Crippen LogP contribution in [0.1, 0.15) is 43.4 Å². The molecule has 2 aliphatic rings. The highest BCUT2D eigenvalue weighted by molar-refractivity contribution is 5.87. The summed E-state index contributed by atoms with van der Waals surface area (Å²) in [4.78, 5) is 15.9. The topological polar surface area (TPSA) is 79.5 Å². The monoisotopic (exact) mass is 528 g/mol. The minimum Gasteiger partial charge on any atom is -0.489 e. The number of alkyl halides is 3. The number of nitrogens with one attached hydrogen (secondary N) is 2. The van der Waals surface area contributed by atoms with E-state index in [9.17, 15) is 18.0 Å². The summed E-state index contributed by atoms with van der Waals surface area (Å²) >= 11 is 0. The minimum atomic E-state index is -4.43. The van der Waals surface area contributed by atoms with E-state index in [2.05, 4.69) is 20.4 Å². The molecule has 2 saturated heterocycles. The van der Waals surface area contributed by atoms with E-state index in [1.165, 1.54) is 12.1 Å². The second-order valence-electron chi connectivity index (χ2n) is 9.95. The highest BCUT2D eigenvalue weighted by Crippen LogP contribution is 2.35. The van der Waals surface area contributed by atoms with Crippen molar-refractivity contribution in [1.82, 2.24) is 20.4 Å². The van der Waals surface area contributed by atoms with E-state index in [-0.39, 0.29) is 23.8 Å². The maximum absolute atomic E-state index is 13.8. The van der Waals surface area contributed by atoms with Gasteiger partial charge in [-0.15, -0.1) is 0 Å². The molecule has 0 saturated carbocycles. The molecule has 3 aromatic rings. The molecule has 3 heterocycles. The number of ether oxygens (including phenoxy) is 2. The van der Waals surface area contributed by atoms with Crippen molar-refractivity contribution in [1.29, 1.82) is 0 Å². The summed E-state index contributed by atoms with van der Waals surface area (Å²) in [5.74, 6) is 0.122. The summed E-state index contributed by atoms with van der Waals surface area (Å²) in [7, 11) is 0. The summed E-state index contributed by atoms with van der Waals surface area (Å²) in [6, 6.07) is 12.7. The Kier molecular flexibility index (Phi) is 7.45. The summed E-state index contributed by atoms with van der Waals surface area (Å²) in [6.07, 6.45) is 0.560. The van der Waals surface area contributed by atoms with Crippen LogP contribution in [-0.2, 0) is 15.7 Å². The van der Waals surface area contributed by atoms with Gasteiger partial charge in [-0.25, -0.2) is 0 Å². The van der Waals surface area contributed by atoms with Crippen LogP contribution in [0.5, 0.6) is 5.75 Å². The van der Waals surface area contributed by atoms with Gasteiger partial charge in [0.2, 0.25) is 5.91 Å². The number of hydrogen-bond acceptors (Lipinski definition) is 5. The number of amides is 1. The molecule has 1 amide bonds. The van der Waals surface area contributed by atoms with Crippen molar-refractivity contribution < 1.29 is 27.4 Å². The summed E-state index contributed by atoms with van der Waals surface area (Å²) in [5.41, 5.74) is 1.52. The van der Waals surface area contributed by atoms with E-state index in [4.69, 9.17) is 9.47 Å². The number of benzene rings is 2. The first-order chi connectivity index (χ1) is 18.2. The van der Waals surface area contributed by atoms with Crippen molar-refractivity contribution in [3.63, 3.8) is 0 Å². The van der Waals surface area contributed by atoms with Crippen molar-refractivity contribution >= 4 is 5.91 Å². The highest BCUT2D eigenvalue weighted by atomic mass is 19.4. The highest BCUT2D eigenvalue weighted by Gasteiger charge is 2.48. The molecule has 2 N–H and O–H groups in total. The molecule has 2 aromatic carbocycles. The van der Waals surface area contributed by atoms with Crippen LogP contribution in [0.15, 0.2) is 60.9 Å². The average Bonchev–Trinajstić information content (AvgIpc) is 3.62. The molecule has 1 unspecified atom stereocenters. The lowest BCUT2D eigenvalue weighted by atomic mass is 9.86. The molecule has 38 heavy (non-hydrogen) atoms. The fourth-order valence-corrected chi connectivity index (χ4v) is 5.33. The second-order valence-corrected chi connectivity index (χ2v) is 9.95. The lowest BCUT2D eigenvalue weighted by Gasteiger charge is -2.43. The van der Waals surface area contributed by atoms with Crippen molar-refractivity contribution in [2.45, 2.75) is 50.0 Å². The SMILES string of the molecule is C[C@H](NC(=O)C1(N2CCC(Oc3cccc(C(F)(F)F)c3)C2)CCOCC1)c1ccc(-c2cn[nH]c2)cc1. The van der Waals surface area contributed by atoms with Crippen molar-refractivity contribution in [2.24, 2.45) is 0 Å². The zero-order valence-corrected chi connectivity index (χ0v) is 21.1. The number of likely N-dealkylation sites (tertiary alicyclic amines) is 1. The molecule has 7 nitrogen and oxygen atoms in total. The van der Waals surface area contributed by atoms with Gasteiger partial charge in [0.25, 0.3) is 0 Å². The number of rotatable bonds is 7. The summed E-state index contributed by atoms with van der Waals surface area (Å²) in [5, 5.41) is 10.00. The Balaban J connectivity index is 1.26. The standard InChI is InChI=1S/C28H31F3N4O3/c1-19(20-5-7-21(8-6-20)22-16-32-33-17-22)34-26(36)27(10-13-37-14-11-27)35-12-9-25(18-35)38-24-4-2-3-23(15-24)28(29,30)31/h2-8,15-17,19,25H,9-14,18H2,1H3,(H,32,33)(H,34,36)/t19-,25?/m0/s1. The predicted octanol–water partition coefficient (Wildman–Crippen LogP) is 4.98. The van der Waals surface area contributed by atoms with Crippen LogP contribution in [0.4, 0.5) is 13.2 Å². The Bertz CT molecular complexity index is 1220. The van der Waals surface area contributed by atoms with E-state index < -0.39 is 17.3 Å². The molecule has 10 heteroatoms. The Morgan fingerprint density at radius 1 is 1.18 bits per heavy atom. The third kappa shape index (κ3) is 5.56. The summed E-state index contributed by atoms with van der Waals surface area (Å²) < 4.78 is 50.9. The van der Waals surface area contributed by atoms with Gasteiger partial charge in [0.15, 0.2) is 0 Å². The first-order valence-corrected chi connectivity index (χ1v) is 12.8.